The number of nitrogens with zero attached hydrogens (tertiary/aromatic N) is 5. The van der Waals surface area contributed by atoms with E-state index in [1.54, 1.807) is 10.9 Å². The fourth-order valence-corrected chi connectivity index (χ4v) is 5.22. The predicted octanol–water partition coefficient (Wildman–Crippen LogP) is 3.60. The molecule has 0 unspecified atom stereocenters. The maximum atomic E-state index is 12.9. The number of aryl methyl sites for hydroxylation is 1. The Kier molecular flexibility index (Phi) is 5.30. The van der Waals surface area contributed by atoms with E-state index in [1.807, 2.05) is 31.7 Å². The molecule has 0 bridgehead atoms. The summed E-state index contributed by atoms with van der Waals surface area (Å²) in [4.78, 5) is 24.1. The summed E-state index contributed by atoms with van der Waals surface area (Å²) >= 11 is 0. The van der Waals surface area contributed by atoms with Gasteiger partial charge in [-0.2, -0.15) is 5.10 Å². The van der Waals surface area contributed by atoms with Crippen LogP contribution in [0.5, 0.6) is 0 Å². The minimum Gasteiger partial charge on any atom is -0.301 e. The number of piperidine rings is 1. The number of rotatable bonds is 6. The highest BCUT2D eigenvalue weighted by atomic mass is 19.1. The zero-order valence-electron chi connectivity index (χ0n) is 17.9. The van der Waals surface area contributed by atoms with Crippen molar-refractivity contribution in [1.29, 1.82) is 0 Å². The monoisotopic (exact) mass is 421 g/mol. The number of carbonyl (C=O) groups excluding carboxylic acids is 1. The number of aromatic nitrogens is 4. The Morgan fingerprint density at radius 1 is 1.13 bits per heavy atom. The predicted molar refractivity (Wildman–Crippen MR) is 117 cm³/mol. The SMILES string of the molecule is Cn1cc(-c2cnc3cnc(CC(=O)C4CC5(CCN(CCF)CC5)C4)cc3c2)cn1. The summed E-state index contributed by atoms with van der Waals surface area (Å²) in [5, 5.41) is 5.22. The number of halogens is 1. The maximum Gasteiger partial charge on any atom is 0.141 e. The van der Waals surface area contributed by atoms with E-state index in [9.17, 15) is 9.18 Å². The number of hydrogen-bond donors (Lipinski definition) is 0. The van der Waals surface area contributed by atoms with E-state index in [0.29, 0.717) is 24.2 Å². The minimum absolute atomic E-state index is 0.144. The first-order valence-electron chi connectivity index (χ1n) is 11.1. The van der Waals surface area contributed by atoms with Crippen LogP contribution in [0.15, 0.2) is 36.9 Å². The topological polar surface area (TPSA) is 63.9 Å². The van der Waals surface area contributed by atoms with Gasteiger partial charge in [0.15, 0.2) is 0 Å². The van der Waals surface area contributed by atoms with Crippen LogP contribution in [0.2, 0.25) is 0 Å². The first-order chi connectivity index (χ1) is 15.0. The zero-order chi connectivity index (χ0) is 21.4. The molecule has 1 aliphatic carbocycles. The van der Waals surface area contributed by atoms with E-state index in [0.717, 1.165) is 66.5 Å². The highest BCUT2D eigenvalue weighted by Gasteiger charge is 2.47. The lowest BCUT2D eigenvalue weighted by molar-refractivity contribution is -0.132. The molecule has 1 spiro atoms. The van der Waals surface area contributed by atoms with E-state index in [4.69, 9.17) is 0 Å². The summed E-state index contributed by atoms with van der Waals surface area (Å²) in [6.07, 6.45) is 11.9. The van der Waals surface area contributed by atoms with E-state index in [1.165, 1.54) is 0 Å². The molecule has 5 rings (SSSR count). The van der Waals surface area contributed by atoms with Crippen LogP contribution in [0, 0.1) is 11.3 Å². The molecule has 0 amide bonds. The van der Waals surface area contributed by atoms with Crippen LogP contribution in [0.4, 0.5) is 4.39 Å². The largest absolute Gasteiger partial charge is 0.301 e. The Morgan fingerprint density at radius 3 is 2.65 bits per heavy atom. The zero-order valence-corrected chi connectivity index (χ0v) is 17.9. The van der Waals surface area contributed by atoms with Crippen LogP contribution in [0.25, 0.3) is 22.0 Å². The third-order valence-electron chi connectivity index (χ3n) is 7.15. The second kappa shape index (κ2) is 8.11. The quantitative estimate of drug-likeness (QED) is 0.609. The molecule has 3 aromatic rings. The molecule has 0 radical (unpaired) electrons. The number of carbonyl (C=O) groups is 1. The van der Waals surface area contributed by atoms with Gasteiger partial charge in [-0.05, 0) is 56.3 Å². The van der Waals surface area contributed by atoms with Gasteiger partial charge in [-0.1, -0.05) is 0 Å². The smallest absolute Gasteiger partial charge is 0.141 e. The lowest BCUT2D eigenvalue weighted by atomic mass is 9.56. The highest BCUT2D eigenvalue weighted by molar-refractivity contribution is 5.86. The van der Waals surface area contributed by atoms with Crippen molar-refractivity contribution in [1.82, 2.24) is 24.6 Å². The molecule has 162 valence electrons. The van der Waals surface area contributed by atoms with E-state index < -0.39 is 0 Å². The van der Waals surface area contributed by atoms with Crippen LogP contribution in [0.1, 0.15) is 31.4 Å². The maximum absolute atomic E-state index is 12.9. The summed E-state index contributed by atoms with van der Waals surface area (Å²) < 4.78 is 14.3. The van der Waals surface area contributed by atoms with Gasteiger partial charge < -0.3 is 4.90 Å². The number of Topliss-reactive ketones (excluding diaryl/α,β-unsaturated/α-hetero) is 1. The first kappa shape index (κ1) is 20.2. The van der Waals surface area contributed by atoms with Gasteiger partial charge in [-0.25, -0.2) is 4.39 Å². The third kappa shape index (κ3) is 4.11. The molecule has 2 aliphatic rings. The summed E-state index contributed by atoms with van der Waals surface area (Å²) in [6, 6.07) is 4.07. The van der Waals surface area contributed by atoms with Gasteiger partial charge in [-0.15, -0.1) is 0 Å². The first-order valence-corrected chi connectivity index (χ1v) is 11.1. The molecule has 0 N–H and O–H groups in total. The molecule has 31 heavy (non-hydrogen) atoms. The molecular weight excluding hydrogens is 393 g/mol. The second-order valence-electron chi connectivity index (χ2n) is 9.27. The summed E-state index contributed by atoms with van der Waals surface area (Å²) in [6.45, 7) is 2.20. The van der Waals surface area contributed by atoms with E-state index in [2.05, 4.69) is 26.0 Å². The fourth-order valence-electron chi connectivity index (χ4n) is 5.22. The second-order valence-corrected chi connectivity index (χ2v) is 9.27. The van der Waals surface area contributed by atoms with Crippen molar-refractivity contribution in [2.75, 3.05) is 26.3 Å². The van der Waals surface area contributed by atoms with Crippen LogP contribution < -0.4 is 0 Å². The molecule has 1 saturated heterocycles. The van der Waals surface area contributed by atoms with Crippen molar-refractivity contribution in [2.24, 2.45) is 18.4 Å². The molecule has 0 aromatic carbocycles. The number of pyridine rings is 2. The third-order valence-corrected chi connectivity index (χ3v) is 7.15. The summed E-state index contributed by atoms with van der Waals surface area (Å²) in [5.41, 5.74) is 3.97. The standard InChI is InChI=1S/C24H28FN5O/c1-29-16-20(14-28-29)18-8-17-9-21(26-15-22(17)27-13-18)10-23(31)19-11-24(12-19)2-5-30(6-3-24)7-4-25/h8-9,13-16,19H,2-7,10-12H2,1H3. The minimum atomic E-state index is -0.272. The van der Waals surface area contributed by atoms with Crippen LogP contribution in [-0.4, -0.2) is 56.7 Å². The Labute approximate surface area is 181 Å². The molecule has 1 aliphatic heterocycles. The molecule has 3 aromatic heterocycles. The van der Waals surface area contributed by atoms with Gasteiger partial charge in [0.25, 0.3) is 0 Å². The molecule has 1 saturated carbocycles. The lowest BCUT2D eigenvalue weighted by Crippen LogP contribution is -2.49. The van der Waals surface area contributed by atoms with Crippen molar-refractivity contribution in [3.8, 4) is 11.1 Å². The van der Waals surface area contributed by atoms with Gasteiger partial charge in [0.05, 0.1) is 17.9 Å². The van der Waals surface area contributed by atoms with Crippen molar-refractivity contribution in [3.05, 3.63) is 42.6 Å². The van der Waals surface area contributed by atoms with Gasteiger partial charge in [0, 0.05) is 60.5 Å². The molecular formula is C24H28FN5O. The molecule has 0 atom stereocenters. The average molecular weight is 422 g/mol. The molecule has 6 nitrogen and oxygen atoms in total. The Hall–Kier alpha value is -2.67. The number of alkyl halides is 1. The van der Waals surface area contributed by atoms with Crippen LogP contribution >= 0.6 is 0 Å². The van der Waals surface area contributed by atoms with Crippen molar-refractivity contribution < 1.29 is 9.18 Å². The molecule has 4 heterocycles. The van der Waals surface area contributed by atoms with Crippen molar-refractivity contribution >= 4 is 16.7 Å². The molecule has 7 heteroatoms. The normalized spacial score (nSPS) is 19.0. The van der Waals surface area contributed by atoms with Gasteiger partial charge >= 0.3 is 0 Å². The number of fused-ring (bicyclic) bond motifs is 1. The van der Waals surface area contributed by atoms with Crippen LogP contribution in [0.3, 0.4) is 0 Å². The number of ketones is 1. The number of hydrogen-bond acceptors (Lipinski definition) is 5. The van der Waals surface area contributed by atoms with Gasteiger partial charge in [0.1, 0.15) is 12.5 Å². The average Bonchev–Trinajstić information content (AvgIpc) is 3.19. The van der Waals surface area contributed by atoms with Crippen molar-refractivity contribution in [3.63, 3.8) is 0 Å². The Morgan fingerprint density at radius 2 is 1.94 bits per heavy atom. The Bertz CT molecular complexity index is 1090. The highest BCUT2D eigenvalue weighted by Crippen LogP contribution is 2.53. The fraction of sp³-hybridized carbons (Fsp3) is 0.500. The van der Waals surface area contributed by atoms with Gasteiger partial charge in [-0.3, -0.25) is 19.4 Å². The van der Waals surface area contributed by atoms with Gasteiger partial charge in [0.2, 0.25) is 0 Å². The van der Waals surface area contributed by atoms with E-state index in [-0.39, 0.29) is 12.6 Å². The summed E-state index contributed by atoms with van der Waals surface area (Å²) in [5.74, 6) is 0.435. The van der Waals surface area contributed by atoms with Crippen molar-refractivity contribution in [2.45, 2.75) is 32.1 Å². The Balaban J connectivity index is 1.23. The van der Waals surface area contributed by atoms with E-state index >= 15 is 0 Å². The van der Waals surface area contributed by atoms with Crippen LogP contribution in [-0.2, 0) is 18.3 Å². The summed E-state index contributed by atoms with van der Waals surface area (Å²) in [7, 11) is 1.89. The number of likely N-dealkylation sites (tertiary alicyclic amines) is 1. The molecule has 2 fully saturated rings. The lowest BCUT2D eigenvalue weighted by Gasteiger charge is -2.51.